The van der Waals surface area contributed by atoms with Crippen LogP contribution < -0.4 is 15.5 Å². The number of likely N-dealkylation sites (tertiary alicyclic amines) is 1. The van der Waals surface area contributed by atoms with Gasteiger partial charge in [-0.1, -0.05) is 44.2 Å². The minimum atomic E-state index is -0.582. The van der Waals surface area contributed by atoms with Crippen LogP contribution in [0, 0.1) is 5.92 Å². The highest BCUT2D eigenvalue weighted by atomic mass is 32.2. The number of amides is 5. The summed E-state index contributed by atoms with van der Waals surface area (Å²) in [5, 5.41) is 5.35. The predicted octanol–water partition coefficient (Wildman–Crippen LogP) is 6.56. The van der Waals surface area contributed by atoms with Gasteiger partial charge in [0.25, 0.3) is 11.8 Å². The quantitative estimate of drug-likeness (QED) is 0.0596. The largest absolute Gasteiger partial charge is 0.369 e. The number of pyridine rings is 1. The van der Waals surface area contributed by atoms with Gasteiger partial charge in [0.05, 0.1) is 0 Å². The molecule has 5 amide bonds. The Labute approximate surface area is 364 Å². The molecule has 61 heavy (non-hydrogen) atoms. The summed E-state index contributed by atoms with van der Waals surface area (Å²) in [7, 11) is 0. The Morgan fingerprint density at radius 1 is 0.836 bits per heavy atom. The van der Waals surface area contributed by atoms with Gasteiger partial charge in [0, 0.05) is 99.0 Å². The first-order valence-electron chi connectivity index (χ1n) is 22.4. The van der Waals surface area contributed by atoms with Gasteiger partial charge in [-0.2, -0.15) is 0 Å². The van der Waals surface area contributed by atoms with Crippen LogP contribution in [0.2, 0.25) is 0 Å². The van der Waals surface area contributed by atoms with Crippen LogP contribution in [-0.2, 0) is 20.9 Å². The molecular formula is C48H61N7O5S. The molecule has 2 aromatic carbocycles. The van der Waals surface area contributed by atoms with Crippen molar-refractivity contribution in [2.75, 3.05) is 63.0 Å². The van der Waals surface area contributed by atoms with Crippen molar-refractivity contribution in [2.45, 2.75) is 94.5 Å². The Kier molecular flexibility index (Phi) is 16.0. The number of thioether (sulfide) groups is 1. The van der Waals surface area contributed by atoms with E-state index in [1.807, 2.05) is 41.3 Å². The Morgan fingerprint density at radius 2 is 1.62 bits per heavy atom. The molecule has 0 spiro atoms. The first-order valence-corrected chi connectivity index (χ1v) is 23.4. The molecule has 13 heteroatoms. The summed E-state index contributed by atoms with van der Waals surface area (Å²) in [6.45, 7) is 7.92. The van der Waals surface area contributed by atoms with Crippen molar-refractivity contribution >= 4 is 53.1 Å². The van der Waals surface area contributed by atoms with Gasteiger partial charge < -0.3 is 20.0 Å². The number of hydrogen-bond donors (Lipinski definition) is 2. The second-order valence-electron chi connectivity index (χ2n) is 16.8. The second-order valence-corrected chi connectivity index (χ2v) is 18.0. The van der Waals surface area contributed by atoms with E-state index < -0.39 is 6.04 Å². The number of benzene rings is 2. The van der Waals surface area contributed by atoms with E-state index in [2.05, 4.69) is 43.6 Å². The SMILES string of the molecule is O=C(/C=C/c1cccnc1)NCCCCC1CCN(C(=O)c2ccc(N3CCN(CCCCCCCSc4cccc5c4CN(C4CCC(=O)NC4=O)C5=O)CC3)cc2)CC1. The molecule has 0 radical (unpaired) electrons. The number of carbonyl (C=O) groups is 5. The maximum absolute atomic E-state index is 13.3. The molecule has 1 atom stereocenters. The predicted molar refractivity (Wildman–Crippen MR) is 240 cm³/mol. The topological polar surface area (TPSA) is 135 Å². The zero-order chi connectivity index (χ0) is 42.4. The van der Waals surface area contributed by atoms with E-state index in [4.69, 9.17) is 0 Å². The number of fused-ring (bicyclic) bond motifs is 1. The number of imide groups is 1. The van der Waals surface area contributed by atoms with Crippen LogP contribution in [0.4, 0.5) is 5.69 Å². The maximum atomic E-state index is 13.3. The summed E-state index contributed by atoms with van der Waals surface area (Å²) in [5.74, 6) is 0.923. The second kappa shape index (κ2) is 22.2. The van der Waals surface area contributed by atoms with Crippen molar-refractivity contribution in [1.82, 2.24) is 30.3 Å². The van der Waals surface area contributed by atoms with Crippen LogP contribution in [-0.4, -0.2) is 113 Å². The molecule has 5 heterocycles. The summed E-state index contributed by atoms with van der Waals surface area (Å²) < 4.78 is 0. The van der Waals surface area contributed by atoms with E-state index in [-0.39, 0.29) is 36.0 Å². The number of nitrogens with one attached hydrogen (secondary N) is 2. The number of unbranched alkanes of at least 4 members (excludes halogenated alkanes) is 5. The van der Waals surface area contributed by atoms with E-state index in [1.54, 1.807) is 41.2 Å². The van der Waals surface area contributed by atoms with Gasteiger partial charge in [0.2, 0.25) is 17.7 Å². The highest BCUT2D eigenvalue weighted by Crippen LogP contribution is 2.35. The highest BCUT2D eigenvalue weighted by Gasteiger charge is 2.39. The molecule has 2 N–H and O–H groups in total. The molecule has 0 aliphatic carbocycles. The van der Waals surface area contributed by atoms with Crippen molar-refractivity contribution in [3.8, 4) is 0 Å². The zero-order valence-corrected chi connectivity index (χ0v) is 36.2. The first kappa shape index (κ1) is 44.1. The monoisotopic (exact) mass is 847 g/mol. The Hall–Kier alpha value is -5.01. The minimum Gasteiger partial charge on any atom is -0.369 e. The van der Waals surface area contributed by atoms with Gasteiger partial charge in [0.1, 0.15) is 6.04 Å². The molecule has 3 saturated heterocycles. The summed E-state index contributed by atoms with van der Waals surface area (Å²) in [6.07, 6.45) is 18.6. The summed E-state index contributed by atoms with van der Waals surface area (Å²) in [4.78, 5) is 76.4. The standard InChI is InChI=1S/C48H61N7O5S/c56-44(20-14-37-11-9-24-49-34-37)50-25-5-4-10-36-22-27-54(28-23-36)47(59)38-15-17-39(18-16-38)53-31-29-52(30-32-53)26-6-2-1-3-7-33-61-43-13-8-12-40-41(43)35-55(48(40)60)42-19-21-45(57)51-46(42)58/h8-9,11-18,20,24,34,36,42H,1-7,10,19,21-23,25-33,35H2,(H,50,56)(H,51,57,58)/b20-14+. The van der Waals surface area contributed by atoms with Crippen molar-refractivity contribution in [2.24, 2.45) is 5.92 Å². The summed E-state index contributed by atoms with van der Waals surface area (Å²) in [6, 6.07) is 17.3. The molecule has 3 fully saturated rings. The van der Waals surface area contributed by atoms with Crippen LogP contribution in [0.3, 0.4) is 0 Å². The fraction of sp³-hybridized carbons (Fsp3) is 0.500. The van der Waals surface area contributed by atoms with Crippen molar-refractivity contribution in [3.63, 3.8) is 0 Å². The van der Waals surface area contributed by atoms with E-state index >= 15 is 0 Å². The maximum Gasteiger partial charge on any atom is 0.255 e. The molecule has 7 rings (SSSR count). The number of carbonyl (C=O) groups excluding carboxylic acids is 5. The molecule has 0 saturated carbocycles. The molecule has 12 nitrogen and oxygen atoms in total. The molecular weight excluding hydrogens is 787 g/mol. The summed E-state index contributed by atoms with van der Waals surface area (Å²) in [5.41, 5.74) is 4.55. The third-order valence-corrected chi connectivity index (χ3v) is 13.8. The van der Waals surface area contributed by atoms with Gasteiger partial charge in [-0.25, -0.2) is 0 Å². The fourth-order valence-electron chi connectivity index (χ4n) is 8.97. The Balaban J connectivity index is 0.711. The first-order chi connectivity index (χ1) is 29.8. The van der Waals surface area contributed by atoms with E-state index in [9.17, 15) is 24.0 Å². The van der Waals surface area contributed by atoms with Crippen molar-refractivity contribution in [1.29, 1.82) is 0 Å². The Bertz CT molecular complexity index is 1990. The average molecular weight is 848 g/mol. The van der Waals surface area contributed by atoms with Gasteiger partial charge in [-0.05, 0) is 116 Å². The van der Waals surface area contributed by atoms with Crippen LogP contribution in [0.1, 0.15) is 109 Å². The third-order valence-electron chi connectivity index (χ3n) is 12.6. The highest BCUT2D eigenvalue weighted by molar-refractivity contribution is 7.99. The normalized spacial score (nSPS) is 18.8. The number of rotatable bonds is 19. The minimum absolute atomic E-state index is 0.0798. The van der Waals surface area contributed by atoms with Crippen LogP contribution in [0.25, 0.3) is 6.08 Å². The Morgan fingerprint density at radius 3 is 2.39 bits per heavy atom. The molecule has 4 aliphatic heterocycles. The molecule has 0 bridgehead atoms. The van der Waals surface area contributed by atoms with Crippen LogP contribution >= 0.6 is 11.8 Å². The lowest BCUT2D eigenvalue weighted by Gasteiger charge is -2.36. The fourth-order valence-corrected chi connectivity index (χ4v) is 10.1. The lowest BCUT2D eigenvalue weighted by atomic mass is 9.91. The molecule has 4 aliphatic rings. The van der Waals surface area contributed by atoms with Crippen LogP contribution in [0.15, 0.2) is 78.0 Å². The van der Waals surface area contributed by atoms with E-state index in [0.717, 1.165) is 112 Å². The van der Waals surface area contributed by atoms with Gasteiger partial charge >= 0.3 is 0 Å². The smallest absolute Gasteiger partial charge is 0.255 e. The summed E-state index contributed by atoms with van der Waals surface area (Å²) >= 11 is 1.80. The van der Waals surface area contributed by atoms with Gasteiger partial charge in [-0.15, -0.1) is 11.8 Å². The molecule has 1 unspecified atom stereocenters. The lowest BCUT2D eigenvalue weighted by molar-refractivity contribution is -0.137. The molecule has 1 aromatic heterocycles. The molecule has 3 aromatic rings. The van der Waals surface area contributed by atoms with Crippen molar-refractivity contribution in [3.05, 3.63) is 95.3 Å². The van der Waals surface area contributed by atoms with Gasteiger partial charge in [-0.3, -0.25) is 39.2 Å². The number of hydrogen-bond acceptors (Lipinski definition) is 9. The number of piperidine rings is 2. The third kappa shape index (κ3) is 12.3. The van der Waals surface area contributed by atoms with Crippen LogP contribution in [0.5, 0.6) is 0 Å². The molecule has 324 valence electrons. The average Bonchev–Trinajstić information content (AvgIpc) is 3.63. The number of aromatic nitrogens is 1. The number of nitrogens with zero attached hydrogens (tertiary/aromatic N) is 5. The lowest BCUT2D eigenvalue weighted by Crippen LogP contribution is -2.52. The van der Waals surface area contributed by atoms with Gasteiger partial charge in [0.15, 0.2) is 0 Å². The van der Waals surface area contributed by atoms with Crippen molar-refractivity contribution < 1.29 is 24.0 Å². The number of anilines is 1. The number of piperazine rings is 1. The zero-order valence-electron chi connectivity index (χ0n) is 35.4. The van der Waals surface area contributed by atoms with E-state index in [0.29, 0.717) is 31.0 Å². The van der Waals surface area contributed by atoms with E-state index in [1.165, 1.54) is 31.4 Å².